The van der Waals surface area contributed by atoms with Crippen LogP contribution in [-0.2, 0) is 12.6 Å². The highest BCUT2D eigenvalue weighted by molar-refractivity contribution is 6.42. The summed E-state index contributed by atoms with van der Waals surface area (Å²) in [5.41, 5.74) is 0.144. The molecule has 4 rings (SSSR count). The van der Waals surface area contributed by atoms with Crippen LogP contribution in [0.4, 0.5) is 13.2 Å². The fourth-order valence-corrected chi connectivity index (χ4v) is 3.89. The highest BCUT2D eigenvalue weighted by Crippen LogP contribution is 2.39. The first-order chi connectivity index (χ1) is 15.7. The van der Waals surface area contributed by atoms with Crippen LogP contribution in [0.1, 0.15) is 35.9 Å². The van der Waals surface area contributed by atoms with E-state index >= 15 is 0 Å². The van der Waals surface area contributed by atoms with Gasteiger partial charge in [0.1, 0.15) is 5.75 Å². The minimum atomic E-state index is -4.63. The highest BCUT2D eigenvalue weighted by Gasteiger charge is 2.35. The molecule has 11 heteroatoms. The zero-order valence-corrected chi connectivity index (χ0v) is 18.7. The molecule has 0 aliphatic carbocycles. The number of aromatic nitrogens is 2. The van der Waals surface area contributed by atoms with Gasteiger partial charge in [0.2, 0.25) is 11.7 Å². The van der Waals surface area contributed by atoms with Crippen molar-refractivity contribution in [3.63, 3.8) is 0 Å². The minimum Gasteiger partial charge on any atom is -0.493 e. The molecule has 33 heavy (non-hydrogen) atoms. The summed E-state index contributed by atoms with van der Waals surface area (Å²) in [4.78, 5) is 4.19. The van der Waals surface area contributed by atoms with Crippen molar-refractivity contribution in [2.24, 2.45) is 0 Å². The Morgan fingerprint density at radius 1 is 1.15 bits per heavy atom. The number of aryl methyl sites for hydroxylation is 1. The molecule has 1 aromatic heterocycles. The second kappa shape index (κ2) is 9.89. The summed E-state index contributed by atoms with van der Waals surface area (Å²) < 4.78 is 51.7. The number of hydrogen-bond acceptors (Lipinski definition) is 6. The molecule has 1 aliphatic rings. The van der Waals surface area contributed by atoms with Crippen LogP contribution in [0.2, 0.25) is 10.0 Å². The number of nitrogens with one attached hydrogen (secondary N) is 1. The zero-order valence-electron chi connectivity index (χ0n) is 17.2. The molecule has 0 bridgehead atoms. The van der Waals surface area contributed by atoms with Gasteiger partial charge >= 0.3 is 6.18 Å². The standard InChI is InChI=1S/C22H20Cl2F3N3O3/c23-16-5-3-12(8-17(16)24)2-1-7-32-19-6-4-13(9-15(19)22(25,26)27)20-29-21(33-30-20)18-10-14(31)11-28-18/h3-6,8-9,14,18,28,31H,1-2,7,10-11H2/t14-,18+/m1/s1. The van der Waals surface area contributed by atoms with E-state index in [-0.39, 0.29) is 35.7 Å². The summed E-state index contributed by atoms with van der Waals surface area (Å²) in [5, 5.41) is 17.3. The molecular formula is C22H20Cl2F3N3O3. The Balaban J connectivity index is 1.44. The van der Waals surface area contributed by atoms with Crippen LogP contribution in [0.15, 0.2) is 40.9 Å². The number of aliphatic hydroxyl groups excluding tert-OH is 1. The van der Waals surface area contributed by atoms with Crippen molar-refractivity contribution in [2.75, 3.05) is 13.2 Å². The van der Waals surface area contributed by atoms with E-state index in [0.717, 1.165) is 11.6 Å². The quantitative estimate of drug-likeness (QED) is 0.418. The summed E-state index contributed by atoms with van der Waals surface area (Å²) in [5.74, 6) is -0.0210. The van der Waals surface area contributed by atoms with Crippen molar-refractivity contribution in [3.05, 3.63) is 63.5 Å². The summed E-state index contributed by atoms with van der Waals surface area (Å²) in [7, 11) is 0. The maximum Gasteiger partial charge on any atom is 0.419 e. The van der Waals surface area contributed by atoms with E-state index in [1.807, 2.05) is 6.07 Å². The summed E-state index contributed by atoms with van der Waals surface area (Å²) in [6.45, 7) is 0.475. The number of ether oxygens (including phenoxy) is 1. The van der Waals surface area contributed by atoms with Crippen molar-refractivity contribution in [3.8, 4) is 17.1 Å². The molecule has 0 amide bonds. The van der Waals surface area contributed by atoms with Crippen molar-refractivity contribution in [1.82, 2.24) is 15.5 Å². The van der Waals surface area contributed by atoms with Gasteiger partial charge < -0.3 is 19.7 Å². The average molecular weight is 502 g/mol. The Labute approximate surface area is 197 Å². The van der Waals surface area contributed by atoms with Gasteiger partial charge in [-0.2, -0.15) is 18.2 Å². The maximum absolute atomic E-state index is 13.7. The normalized spacial score (nSPS) is 18.6. The van der Waals surface area contributed by atoms with Crippen LogP contribution in [0, 0.1) is 0 Å². The van der Waals surface area contributed by atoms with Crippen LogP contribution in [0.25, 0.3) is 11.4 Å². The lowest BCUT2D eigenvalue weighted by Crippen LogP contribution is -2.15. The smallest absolute Gasteiger partial charge is 0.419 e. The third-order valence-corrected chi connectivity index (χ3v) is 5.98. The first-order valence-corrected chi connectivity index (χ1v) is 11.0. The van der Waals surface area contributed by atoms with Gasteiger partial charge in [0.05, 0.1) is 34.4 Å². The van der Waals surface area contributed by atoms with Gasteiger partial charge in [-0.1, -0.05) is 34.4 Å². The van der Waals surface area contributed by atoms with E-state index in [4.69, 9.17) is 32.5 Å². The summed E-state index contributed by atoms with van der Waals surface area (Å²) >= 11 is 11.9. The van der Waals surface area contributed by atoms with Gasteiger partial charge in [-0.25, -0.2) is 0 Å². The van der Waals surface area contributed by atoms with Gasteiger partial charge in [0.15, 0.2) is 0 Å². The number of hydrogen-bond donors (Lipinski definition) is 2. The predicted molar refractivity (Wildman–Crippen MR) is 116 cm³/mol. The predicted octanol–water partition coefficient (Wildman–Crippen LogP) is 5.47. The third kappa shape index (κ3) is 5.78. The van der Waals surface area contributed by atoms with Crippen LogP contribution in [0.3, 0.4) is 0 Å². The molecule has 176 valence electrons. The Bertz CT molecular complexity index is 1120. The number of halogens is 5. The van der Waals surface area contributed by atoms with Crippen molar-refractivity contribution in [1.29, 1.82) is 0 Å². The highest BCUT2D eigenvalue weighted by atomic mass is 35.5. The van der Waals surface area contributed by atoms with Gasteiger partial charge in [-0.05, 0) is 55.2 Å². The fourth-order valence-electron chi connectivity index (χ4n) is 3.57. The van der Waals surface area contributed by atoms with E-state index in [0.29, 0.717) is 35.9 Å². The monoisotopic (exact) mass is 501 g/mol. The molecular weight excluding hydrogens is 482 g/mol. The number of β-amino-alcohol motifs (C(OH)–C–C–N with tert-alkyl or cyclic N) is 1. The van der Waals surface area contributed by atoms with Crippen LogP contribution >= 0.6 is 23.2 Å². The molecule has 0 radical (unpaired) electrons. The molecule has 2 N–H and O–H groups in total. The molecule has 2 heterocycles. The van der Waals surface area contributed by atoms with Crippen LogP contribution in [0.5, 0.6) is 5.75 Å². The van der Waals surface area contributed by atoms with Gasteiger partial charge in [0.25, 0.3) is 0 Å². The second-order valence-corrected chi connectivity index (χ2v) is 8.53. The number of benzene rings is 2. The minimum absolute atomic E-state index is 0.0323. The van der Waals surface area contributed by atoms with Crippen molar-refractivity contribution < 1.29 is 27.5 Å². The Morgan fingerprint density at radius 2 is 1.97 bits per heavy atom. The van der Waals surface area contributed by atoms with E-state index in [1.54, 1.807) is 12.1 Å². The number of rotatable bonds is 7. The summed E-state index contributed by atoms with van der Waals surface area (Å²) in [6, 6.07) is 8.53. The lowest BCUT2D eigenvalue weighted by Gasteiger charge is -2.15. The molecule has 6 nitrogen and oxygen atoms in total. The number of aliphatic hydroxyl groups is 1. The first kappa shape index (κ1) is 23.8. The van der Waals surface area contributed by atoms with Crippen molar-refractivity contribution in [2.45, 2.75) is 37.6 Å². The molecule has 0 saturated carbocycles. The van der Waals surface area contributed by atoms with E-state index in [2.05, 4.69) is 15.5 Å². The Kier molecular flexibility index (Phi) is 7.13. The summed E-state index contributed by atoms with van der Waals surface area (Å²) in [6.07, 6.45) is -3.70. The SMILES string of the molecule is O[C@H]1CN[C@H](c2nc(-c3ccc(OCCCc4ccc(Cl)c(Cl)c4)c(C(F)(F)F)c3)no2)C1. The van der Waals surface area contributed by atoms with Crippen LogP contribution in [-0.4, -0.2) is 34.5 Å². The Morgan fingerprint density at radius 3 is 2.67 bits per heavy atom. The lowest BCUT2D eigenvalue weighted by atomic mass is 10.1. The van der Waals surface area contributed by atoms with Gasteiger partial charge in [-0.15, -0.1) is 0 Å². The molecule has 1 aliphatic heterocycles. The molecule has 2 aromatic carbocycles. The number of alkyl halides is 3. The molecule has 2 atom stereocenters. The van der Waals surface area contributed by atoms with E-state index in [1.165, 1.54) is 12.1 Å². The maximum atomic E-state index is 13.7. The topological polar surface area (TPSA) is 80.4 Å². The fraction of sp³-hybridized carbons (Fsp3) is 0.364. The van der Waals surface area contributed by atoms with Crippen molar-refractivity contribution >= 4 is 23.2 Å². The number of nitrogens with zero attached hydrogens (tertiary/aromatic N) is 2. The second-order valence-electron chi connectivity index (χ2n) is 7.72. The van der Waals surface area contributed by atoms with Gasteiger partial charge in [0, 0.05) is 12.1 Å². The molecule has 0 unspecified atom stereocenters. The first-order valence-electron chi connectivity index (χ1n) is 10.2. The van der Waals surface area contributed by atoms with Crippen LogP contribution < -0.4 is 10.1 Å². The van der Waals surface area contributed by atoms with Gasteiger partial charge in [-0.3, -0.25) is 0 Å². The molecule has 1 saturated heterocycles. The average Bonchev–Trinajstić information content (AvgIpc) is 3.42. The van der Waals surface area contributed by atoms with E-state index in [9.17, 15) is 18.3 Å². The third-order valence-electron chi connectivity index (χ3n) is 5.24. The largest absolute Gasteiger partial charge is 0.493 e. The zero-order chi connectivity index (χ0) is 23.6. The Hall–Kier alpha value is -2.33. The van der Waals surface area contributed by atoms with E-state index < -0.39 is 17.8 Å². The molecule has 3 aromatic rings. The molecule has 1 fully saturated rings. The molecule has 0 spiro atoms. The lowest BCUT2D eigenvalue weighted by molar-refractivity contribution is -0.138.